The van der Waals surface area contributed by atoms with Gasteiger partial charge in [0.1, 0.15) is 0 Å². The second-order valence-electron chi connectivity index (χ2n) is 6.55. The Hall–Kier alpha value is -3.73. The van der Waals surface area contributed by atoms with E-state index < -0.39 is 22.1 Å². The van der Waals surface area contributed by atoms with Crippen molar-refractivity contribution in [1.82, 2.24) is 10.1 Å². The van der Waals surface area contributed by atoms with Crippen molar-refractivity contribution in [2.24, 2.45) is 0 Å². The predicted octanol–water partition coefficient (Wildman–Crippen LogP) is 1.43. The summed E-state index contributed by atoms with van der Waals surface area (Å²) >= 11 is 1.21. The molecule has 144 valence electrons. The topological polar surface area (TPSA) is 134 Å². The number of nitrogens with one attached hydrogen (secondary N) is 3. The zero-order valence-electron chi connectivity index (χ0n) is 14.9. The van der Waals surface area contributed by atoms with Crippen LogP contribution < -0.4 is 20.9 Å². The van der Waals surface area contributed by atoms with Crippen LogP contribution in [0, 0.1) is 10.1 Å². The minimum absolute atomic E-state index is 0.169. The number of hydrogen-bond acceptors (Lipinski definition) is 7. The number of nitro groups is 1. The number of benzene rings is 2. The highest BCUT2D eigenvalue weighted by atomic mass is 32.2. The van der Waals surface area contributed by atoms with Crippen LogP contribution in [0.5, 0.6) is 0 Å². The van der Waals surface area contributed by atoms with E-state index in [9.17, 15) is 19.7 Å². The van der Waals surface area contributed by atoms with Gasteiger partial charge in [-0.3, -0.25) is 24.7 Å². The number of aromatic nitrogens is 3. The Balaban J connectivity index is 1.91. The number of thioether (sulfide) groups is 1. The van der Waals surface area contributed by atoms with Crippen LogP contribution in [-0.2, 0) is 10.5 Å². The zero-order valence-corrected chi connectivity index (χ0v) is 15.7. The fourth-order valence-electron chi connectivity index (χ4n) is 3.76. The van der Waals surface area contributed by atoms with Gasteiger partial charge < -0.3 is 10.6 Å². The third-order valence-corrected chi connectivity index (χ3v) is 5.60. The Bertz CT molecular complexity index is 1290. The molecular formula is C18H13N6O4S+. The van der Waals surface area contributed by atoms with Crippen molar-refractivity contribution < 1.29 is 14.4 Å². The summed E-state index contributed by atoms with van der Waals surface area (Å²) in [6.45, 7) is 0. The number of hydrogen-bond donors (Lipinski definition) is 3. The number of H-pyrrole nitrogens is 1. The molecule has 10 nitrogen and oxygen atoms in total. The number of fused-ring (bicyclic) bond motifs is 6. The first kappa shape index (κ1) is 17.4. The number of carbonyl (C=O) groups is 1. The molecule has 0 saturated carbocycles. The Labute approximate surface area is 167 Å². The fourth-order valence-corrected chi connectivity index (χ4v) is 4.12. The van der Waals surface area contributed by atoms with E-state index in [0.717, 1.165) is 0 Å². The first-order chi connectivity index (χ1) is 14.0. The van der Waals surface area contributed by atoms with Gasteiger partial charge in [-0.1, -0.05) is 23.9 Å². The molecule has 2 aliphatic heterocycles. The number of non-ortho nitro benzene ring substituents is 1. The number of rotatable bonds is 2. The van der Waals surface area contributed by atoms with Crippen LogP contribution in [-0.4, -0.2) is 27.2 Å². The van der Waals surface area contributed by atoms with Gasteiger partial charge in [-0.15, -0.1) is 0 Å². The number of aromatic amines is 1. The van der Waals surface area contributed by atoms with Crippen molar-refractivity contribution >= 4 is 34.7 Å². The molecule has 0 radical (unpaired) electrons. The van der Waals surface area contributed by atoms with Crippen molar-refractivity contribution in [2.75, 3.05) is 16.9 Å². The highest BCUT2D eigenvalue weighted by Gasteiger charge is 2.62. The van der Waals surface area contributed by atoms with Gasteiger partial charge >= 0.3 is 22.8 Å². The summed E-state index contributed by atoms with van der Waals surface area (Å²) in [6.07, 6.45) is 1.75. The number of nitro benzene ring substituents is 1. The Kier molecular flexibility index (Phi) is 3.52. The zero-order chi connectivity index (χ0) is 20.3. The van der Waals surface area contributed by atoms with E-state index in [4.69, 9.17) is 0 Å². The fraction of sp³-hybridized carbons (Fsp3) is 0.111. The summed E-state index contributed by atoms with van der Waals surface area (Å²) in [4.78, 5) is 39.7. The predicted molar refractivity (Wildman–Crippen MR) is 105 cm³/mol. The van der Waals surface area contributed by atoms with E-state index >= 15 is 0 Å². The van der Waals surface area contributed by atoms with Gasteiger partial charge in [0, 0.05) is 17.2 Å². The lowest BCUT2D eigenvalue weighted by atomic mass is 9.94. The summed E-state index contributed by atoms with van der Waals surface area (Å²) in [7, 11) is 0. The lowest BCUT2D eigenvalue weighted by molar-refractivity contribution is -0.781. The third kappa shape index (κ3) is 2.24. The van der Waals surface area contributed by atoms with Crippen molar-refractivity contribution in [3.05, 3.63) is 68.5 Å². The molecule has 29 heavy (non-hydrogen) atoms. The summed E-state index contributed by atoms with van der Waals surface area (Å²) < 4.78 is 1.32. The quantitative estimate of drug-likeness (QED) is 0.252. The average molecular weight is 409 g/mol. The minimum Gasteiger partial charge on any atom is -0.317 e. The number of para-hydroxylation sites is 1. The van der Waals surface area contributed by atoms with Crippen molar-refractivity contribution in [2.45, 2.75) is 10.8 Å². The maximum Gasteiger partial charge on any atom is 0.375 e. The highest BCUT2D eigenvalue weighted by Crippen LogP contribution is 2.42. The molecule has 3 N–H and O–H groups in total. The van der Waals surface area contributed by atoms with E-state index in [-0.39, 0.29) is 11.4 Å². The van der Waals surface area contributed by atoms with Crippen LogP contribution in [0.3, 0.4) is 0 Å². The van der Waals surface area contributed by atoms with Gasteiger partial charge in [-0.2, -0.15) is 0 Å². The van der Waals surface area contributed by atoms with Crippen molar-refractivity contribution in [3.8, 4) is 11.3 Å². The maximum absolute atomic E-state index is 13.2. The van der Waals surface area contributed by atoms with Crippen LogP contribution in [0.15, 0.2) is 52.4 Å². The van der Waals surface area contributed by atoms with E-state index in [2.05, 4.69) is 20.7 Å². The van der Waals surface area contributed by atoms with E-state index in [1.54, 1.807) is 30.5 Å². The molecular weight excluding hydrogens is 396 g/mol. The molecule has 0 bridgehead atoms. The maximum atomic E-state index is 13.2. The molecule has 0 aliphatic carbocycles. The normalized spacial score (nSPS) is 18.4. The molecule has 1 amide bonds. The summed E-state index contributed by atoms with van der Waals surface area (Å²) in [5, 5.41) is 22.1. The van der Waals surface area contributed by atoms with E-state index in [1.165, 1.54) is 34.6 Å². The SMILES string of the molecule is CSc1n[n+]2c(c(=O)[nH]1)-c1ccccc1N[C@@]21C(=O)Nc2ccc([N+](=O)[O-])cc21. The lowest BCUT2D eigenvalue weighted by Gasteiger charge is -2.28. The number of nitrogens with zero attached hydrogens (tertiary/aromatic N) is 3. The Morgan fingerprint density at radius 3 is 2.72 bits per heavy atom. The first-order valence-electron chi connectivity index (χ1n) is 8.55. The second kappa shape index (κ2) is 5.88. The molecule has 0 unspecified atom stereocenters. The minimum atomic E-state index is -1.64. The highest BCUT2D eigenvalue weighted by molar-refractivity contribution is 7.98. The average Bonchev–Trinajstić information content (AvgIpc) is 2.99. The molecule has 2 aliphatic rings. The second-order valence-corrected chi connectivity index (χ2v) is 7.34. The number of anilines is 2. The molecule has 1 atom stereocenters. The van der Waals surface area contributed by atoms with Gasteiger partial charge in [0.05, 0.1) is 27.4 Å². The largest absolute Gasteiger partial charge is 0.375 e. The monoisotopic (exact) mass is 409 g/mol. The van der Waals surface area contributed by atoms with Crippen molar-refractivity contribution in [1.29, 1.82) is 0 Å². The van der Waals surface area contributed by atoms with Gasteiger partial charge in [0.25, 0.3) is 5.69 Å². The molecule has 3 heterocycles. The van der Waals surface area contributed by atoms with Gasteiger partial charge in [0.15, 0.2) is 0 Å². The summed E-state index contributed by atoms with van der Waals surface area (Å²) in [5.41, 5.74) is -0.170. The molecule has 2 aromatic carbocycles. The van der Waals surface area contributed by atoms with Crippen LogP contribution >= 0.6 is 11.8 Å². The third-order valence-electron chi connectivity index (χ3n) is 5.03. The number of carbonyl (C=O) groups excluding carboxylic acids is 1. The Morgan fingerprint density at radius 1 is 1.17 bits per heavy atom. The molecule has 3 aromatic rings. The molecule has 11 heteroatoms. The van der Waals surface area contributed by atoms with Crippen LogP contribution in [0.1, 0.15) is 5.56 Å². The molecule has 1 aromatic heterocycles. The van der Waals surface area contributed by atoms with Crippen LogP contribution in [0.25, 0.3) is 11.3 Å². The van der Waals surface area contributed by atoms with E-state index in [1.807, 2.05) is 0 Å². The van der Waals surface area contributed by atoms with E-state index in [0.29, 0.717) is 27.7 Å². The van der Waals surface area contributed by atoms with Crippen LogP contribution in [0.2, 0.25) is 0 Å². The Morgan fingerprint density at radius 2 is 1.97 bits per heavy atom. The molecule has 5 rings (SSSR count). The summed E-state index contributed by atoms with van der Waals surface area (Å²) in [6, 6.07) is 11.2. The molecule has 1 spiro atoms. The van der Waals surface area contributed by atoms with Gasteiger partial charge in [-0.05, 0) is 29.1 Å². The van der Waals surface area contributed by atoms with Gasteiger partial charge in [-0.25, -0.2) is 0 Å². The molecule has 0 fully saturated rings. The van der Waals surface area contributed by atoms with Crippen molar-refractivity contribution in [3.63, 3.8) is 0 Å². The van der Waals surface area contributed by atoms with Crippen LogP contribution in [0.4, 0.5) is 17.1 Å². The van der Waals surface area contributed by atoms with Gasteiger partial charge in [0.2, 0.25) is 5.16 Å². The smallest absolute Gasteiger partial charge is 0.317 e. The number of amides is 1. The standard InChI is InChI=1S/C18H12N6O4S/c1-29-17-20-15(25)14-10-4-2-3-5-12(10)21-18(23(14)22-17)11-8-9(24(27)28)6-7-13(11)19-16(18)26/h2-8H,1H3,(H2,19,20,22,25,26)/p+1/t18-/m1/s1. The lowest BCUT2D eigenvalue weighted by Crippen LogP contribution is -2.71. The first-order valence-corrected chi connectivity index (χ1v) is 9.77. The molecule has 0 saturated heterocycles. The summed E-state index contributed by atoms with van der Waals surface area (Å²) in [5.74, 6) is -0.487.